The van der Waals surface area contributed by atoms with Gasteiger partial charge in [0.15, 0.2) is 17.3 Å². The zero-order valence-electron chi connectivity index (χ0n) is 11.7. The summed E-state index contributed by atoms with van der Waals surface area (Å²) in [6, 6.07) is 5.68. The first-order valence-electron chi connectivity index (χ1n) is 5.62. The van der Waals surface area contributed by atoms with Crippen LogP contribution in [0.4, 0.5) is 0 Å². The Labute approximate surface area is 140 Å². The summed E-state index contributed by atoms with van der Waals surface area (Å²) in [5, 5.41) is 7.69. The van der Waals surface area contributed by atoms with Crippen LogP contribution in [0.2, 0.25) is 0 Å². The van der Waals surface area contributed by atoms with E-state index in [9.17, 15) is 0 Å². The molecule has 0 bridgehead atoms. The van der Waals surface area contributed by atoms with E-state index in [-0.39, 0.29) is 5.54 Å². The van der Waals surface area contributed by atoms with Crippen molar-refractivity contribution in [2.45, 2.75) is 33.2 Å². The molecule has 0 saturated heterocycles. The van der Waals surface area contributed by atoms with Gasteiger partial charge in [0.05, 0.1) is 5.69 Å². The SMILES string of the molecule is CC(=N[N-]C(=[SH+])NC(C)(C)C)c1ccccn1.[Cl][Cu][Cl]. The van der Waals surface area contributed by atoms with Gasteiger partial charge in [-0.2, -0.15) is 0 Å². The molecular weight excluding hydrogens is 367 g/mol. The topological polar surface area (TPSA) is 51.4 Å². The average Bonchev–Trinajstić information content (AvgIpc) is 2.36. The average molecular weight is 385 g/mol. The predicted molar refractivity (Wildman–Crippen MR) is 88.2 cm³/mol. The van der Waals surface area contributed by atoms with Crippen LogP contribution in [-0.2, 0) is 25.4 Å². The van der Waals surface area contributed by atoms with Crippen LogP contribution < -0.4 is 5.32 Å². The van der Waals surface area contributed by atoms with Gasteiger partial charge in [-0.3, -0.25) is 10.3 Å². The number of thiol groups is 1. The summed E-state index contributed by atoms with van der Waals surface area (Å²) in [4.78, 5) is 4.19. The van der Waals surface area contributed by atoms with E-state index >= 15 is 0 Å². The van der Waals surface area contributed by atoms with Crippen molar-refractivity contribution in [3.63, 3.8) is 0 Å². The first kappa shape index (κ1) is 19.8. The van der Waals surface area contributed by atoms with Crippen LogP contribution in [0, 0.1) is 0 Å². The van der Waals surface area contributed by atoms with Crippen molar-refractivity contribution < 1.29 is 13.1 Å². The van der Waals surface area contributed by atoms with Crippen molar-refractivity contribution in [3.8, 4) is 0 Å². The van der Waals surface area contributed by atoms with Crippen LogP contribution in [-0.4, -0.2) is 21.3 Å². The van der Waals surface area contributed by atoms with E-state index < -0.39 is 0 Å². The number of rotatable bonds is 2. The van der Waals surface area contributed by atoms with E-state index in [1.54, 1.807) is 6.20 Å². The zero-order chi connectivity index (χ0) is 15.6. The van der Waals surface area contributed by atoms with Crippen LogP contribution in [0.25, 0.3) is 5.43 Å². The van der Waals surface area contributed by atoms with Crippen LogP contribution in [0.3, 0.4) is 0 Å². The van der Waals surface area contributed by atoms with Crippen LogP contribution in [0.15, 0.2) is 29.5 Å². The fourth-order valence-electron chi connectivity index (χ4n) is 1.11. The van der Waals surface area contributed by atoms with Gasteiger partial charge >= 0.3 is 33.3 Å². The van der Waals surface area contributed by atoms with Gasteiger partial charge in [0.1, 0.15) is 0 Å². The summed E-state index contributed by atoms with van der Waals surface area (Å²) in [7, 11) is 9.34. The molecule has 0 radical (unpaired) electrons. The molecule has 1 aromatic heterocycles. The number of hydrogen-bond acceptors (Lipinski definition) is 2. The van der Waals surface area contributed by atoms with Crippen molar-refractivity contribution in [2.75, 3.05) is 0 Å². The second-order valence-electron chi connectivity index (χ2n) is 4.74. The maximum absolute atomic E-state index is 4.67. The van der Waals surface area contributed by atoms with Crippen molar-refractivity contribution >= 4 is 43.2 Å². The molecule has 4 nitrogen and oxygen atoms in total. The summed E-state index contributed by atoms with van der Waals surface area (Å²) in [6.07, 6.45) is 1.73. The molecule has 1 rings (SSSR count). The first-order valence-corrected chi connectivity index (χ1v) is 8.66. The third-order valence-electron chi connectivity index (χ3n) is 1.82. The molecule has 1 aromatic rings. The van der Waals surface area contributed by atoms with E-state index in [2.05, 4.69) is 53.2 Å². The van der Waals surface area contributed by atoms with Crippen LogP contribution in [0.5, 0.6) is 0 Å². The normalized spacial score (nSPS) is 11.6. The zero-order valence-corrected chi connectivity index (χ0v) is 15.0. The predicted octanol–water partition coefficient (Wildman–Crippen LogP) is 3.31. The van der Waals surface area contributed by atoms with Gasteiger partial charge in [-0.1, -0.05) is 6.07 Å². The Morgan fingerprint density at radius 1 is 1.40 bits per heavy atom. The minimum atomic E-state index is -0.0744. The van der Waals surface area contributed by atoms with Crippen molar-refractivity contribution in [1.29, 1.82) is 0 Å². The van der Waals surface area contributed by atoms with Crippen molar-refractivity contribution in [2.24, 2.45) is 5.10 Å². The fraction of sp³-hybridized carbons (Fsp3) is 0.417. The molecule has 20 heavy (non-hydrogen) atoms. The van der Waals surface area contributed by atoms with Gasteiger partial charge in [-0.15, -0.1) is 0 Å². The quantitative estimate of drug-likeness (QED) is 0.212. The van der Waals surface area contributed by atoms with E-state index in [1.807, 2.05) is 45.9 Å². The molecule has 1 heterocycles. The molecule has 0 aliphatic carbocycles. The maximum atomic E-state index is 4.67. The number of halogens is 2. The van der Waals surface area contributed by atoms with E-state index in [4.69, 9.17) is 0 Å². The Bertz CT molecular complexity index is 435. The number of pyridine rings is 1. The second-order valence-corrected chi connectivity index (χ2v) is 6.72. The Morgan fingerprint density at radius 3 is 2.45 bits per heavy atom. The summed E-state index contributed by atoms with van der Waals surface area (Å²) >= 11 is 4.98. The van der Waals surface area contributed by atoms with Gasteiger partial charge in [0, 0.05) is 17.4 Å². The van der Waals surface area contributed by atoms with Crippen LogP contribution >= 0.6 is 20.2 Å². The van der Waals surface area contributed by atoms with Crippen molar-refractivity contribution in [1.82, 2.24) is 10.3 Å². The third kappa shape index (κ3) is 10.5. The molecule has 0 amide bonds. The fourth-order valence-corrected chi connectivity index (χ4v) is 1.49. The van der Waals surface area contributed by atoms with Gasteiger partial charge in [-0.25, -0.2) is 0 Å². The Balaban J connectivity index is 0.00000110. The summed E-state index contributed by atoms with van der Waals surface area (Å²) < 4.78 is 0. The number of aromatic nitrogens is 1. The third-order valence-corrected chi connectivity index (χ3v) is 2.02. The van der Waals surface area contributed by atoms with Gasteiger partial charge in [-0.05, 0) is 39.8 Å². The van der Waals surface area contributed by atoms with Gasteiger partial charge in [0.25, 0.3) is 0 Å². The molecule has 0 spiro atoms. The van der Waals surface area contributed by atoms with Crippen molar-refractivity contribution in [3.05, 3.63) is 35.5 Å². The molecule has 0 aliphatic rings. The first-order chi connectivity index (χ1) is 9.30. The number of nitrogens with one attached hydrogen (secondary N) is 1. The number of hydrogen-bond donors (Lipinski definition) is 1. The summed E-state index contributed by atoms with van der Waals surface area (Å²) in [5.74, 6) is 0. The molecule has 117 valence electrons. The van der Waals surface area contributed by atoms with Gasteiger partial charge in [0.2, 0.25) is 0 Å². The van der Waals surface area contributed by atoms with E-state index in [0.29, 0.717) is 5.11 Å². The molecule has 0 atom stereocenters. The van der Waals surface area contributed by atoms with Crippen LogP contribution in [0.1, 0.15) is 33.4 Å². The molecule has 8 heteroatoms. The molecule has 0 aliphatic heterocycles. The minimum absolute atomic E-state index is 0.0744. The molecule has 0 unspecified atom stereocenters. The molecular formula is C12H18Cl2CuN4S. The Hall–Kier alpha value is -0.231. The standard InChI is InChI=1S/C12H18N4S.2ClH.Cu/c1-9(10-7-5-6-8-13-10)15-16-11(17)14-12(2,3)4;;;/h5-8H,1-4H3,(H2,13,14,16,17);2*1H;/q;;;+2/p-2. The van der Waals surface area contributed by atoms with E-state index in [1.165, 1.54) is 0 Å². The molecule has 1 N–H and O–H groups in total. The Morgan fingerprint density at radius 2 is 2.00 bits per heavy atom. The second kappa shape index (κ2) is 10.5. The molecule has 0 fully saturated rings. The summed E-state index contributed by atoms with van der Waals surface area (Å²) in [6.45, 7) is 7.97. The van der Waals surface area contributed by atoms with E-state index in [0.717, 1.165) is 24.5 Å². The summed E-state index contributed by atoms with van der Waals surface area (Å²) in [5.41, 5.74) is 5.50. The number of nitrogens with zero attached hydrogens (tertiary/aromatic N) is 3. The Kier molecular flexibility index (Phi) is 10.4. The molecule has 0 saturated carbocycles. The molecule has 0 aromatic carbocycles. The van der Waals surface area contributed by atoms with Gasteiger partial charge < -0.3 is 10.5 Å². The monoisotopic (exact) mass is 383 g/mol.